The van der Waals surface area contributed by atoms with Crippen LogP contribution in [0.5, 0.6) is 0 Å². The summed E-state index contributed by atoms with van der Waals surface area (Å²) in [4.78, 5) is 16.2. The molecule has 0 aromatic carbocycles. The highest BCUT2D eigenvalue weighted by molar-refractivity contribution is 5.91. The van der Waals surface area contributed by atoms with Crippen LogP contribution in [-0.2, 0) is 6.42 Å². The number of carbonyl (C=O) groups excluding carboxylic acids is 1. The average Bonchev–Trinajstić information content (AvgIpc) is 3.01. The quantitative estimate of drug-likeness (QED) is 0.874. The molecule has 1 saturated carbocycles. The zero-order chi connectivity index (χ0) is 14.8. The maximum Gasteiger partial charge on any atom is 0.289 e. The van der Waals surface area contributed by atoms with E-state index in [-0.39, 0.29) is 17.6 Å². The van der Waals surface area contributed by atoms with Crippen molar-refractivity contribution >= 4 is 5.91 Å². The minimum atomic E-state index is -0.277. The van der Waals surface area contributed by atoms with E-state index < -0.39 is 0 Å². The molecule has 0 aliphatic heterocycles. The predicted molar refractivity (Wildman–Crippen MR) is 72.9 cm³/mol. The van der Waals surface area contributed by atoms with Gasteiger partial charge < -0.3 is 14.4 Å². The van der Waals surface area contributed by atoms with Gasteiger partial charge in [0.05, 0.1) is 5.69 Å². The molecule has 1 aliphatic rings. The number of hydrogen-bond donors (Lipinski definition) is 1. The molecular weight excluding hydrogens is 272 g/mol. The van der Waals surface area contributed by atoms with Crippen molar-refractivity contribution in [1.29, 1.82) is 0 Å². The summed E-state index contributed by atoms with van der Waals surface area (Å²) < 4.78 is 10.2. The summed E-state index contributed by atoms with van der Waals surface area (Å²) in [6, 6.07) is 1.67. The second-order valence-electron chi connectivity index (χ2n) is 5.60. The fourth-order valence-corrected chi connectivity index (χ4v) is 1.91. The van der Waals surface area contributed by atoms with Crippen LogP contribution in [0.2, 0.25) is 0 Å². The molecule has 1 amide bonds. The summed E-state index contributed by atoms with van der Waals surface area (Å²) in [7, 11) is 0. The Morgan fingerprint density at radius 3 is 2.86 bits per heavy atom. The normalized spacial score (nSPS) is 14.6. The number of rotatable bonds is 6. The second-order valence-corrected chi connectivity index (χ2v) is 5.60. The number of carbonyl (C=O) groups is 1. The highest BCUT2D eigenvalue weighted by Gasteiger charge is 2.29. The maximum absolute atomic E-state index is 11.9. The van der Waals surface area contributed by atoms with Crippen LogP contribution in [-0.4, -0.2) is 27.7 Å². The molecule has 112 valence electrons. The Bertz CT molecular complexity index is 628. The molecule has 2 heterocycles. The Hall–Kier alpha value is -2.18. The van der Waals surface area contributed by atoms with Crippen molar-refractivity contribution in [2.75, 3.05) is 6.54 Å². The zero-order valence-electron chi connectivity index (χ0n) is 12.1. The van der Waals surface area contributed by atoms with E-state index in [9.17, 15) is 4.79 Å². The fourth-order valence-electron chi connectivity index (χ4n) is 1.91. The molecule has 7 nitrogen and oxygen atoms in total. The molecule has 0 unspecified atom stereocenters. The summed E-state index contributed by atoms with van der Waals surface area (Å²) in [6.07, 6.45) is 2.79. The third-order valence-electron chi connectivity index (χ3n) is 3.39. The SMILES string of the molecule is CC(C)c1cc(C(=O)NCCc2noc(C3CC3)n2)on1. The van der Waals surface area contributed by atoms with Gasteiger partial charge in [-0.2, -0.15) is 4.98 Å². The molecular formula is C14H18N4O3. The molecule has 1 aliphatic carbocycles. The van der Waals surface area contributed by atoms with Gasteiger partial charge >= 0.3 is 0 Å². The minimum absolute atomic E-state index is 0.227. The predicted octanol–water partition coefficient (Wildman–Crippen LogP) is 2.03. The smallest absolute Gasteiger partial charge is 0.289 e. The lowest BCUT2D eigenvalue weighted by Gasteiger charge is -1.99. The Kier molecular flexibility index (Phi) is 3.72. The van der Waals surface area contributed by atoms with Crippen LogP contribution in [0.25, 0.3) is 0 Å². The van der Waals surface area contributed by atoms with Crippen LogP contribution in [0.3, 0.4) is 0 Å². The fraction of sp³-hybridized carbons (Fsp3) is 0.571. The van der Waals surface area contributed by atoms with Crippen molar-refractivity contribution < 1.29 is 13.8 Å². The first kappa shape index (κ1) is 13.8. The van der Waals surface area contributed by atoms with Crippen LogP contribution in [0.4, 0.5) is 0 Å². The summed E-state index contributed by atoms with van der Waals surface area (Å²) in [5, 5.41) is 10.5. The number of hydrogen-bond acceptors (Lipinski definition) is 6. The van der Waals surface area contributed by atoms with Gasteiger partial charge in [0.1, 0.15) is 0 Å². The van der Waals surface area contributed by atoms with Crippen LogP contribution in [0.1, 0.15) is 66.5 Å². The average molecular weight is 290 g/mol. The van der Waals surface area contributed by atoms with Gasteiger partial charge in [-0.3, -0.25) is 4.79 Å². The van der Waals surface area contributed by atoms with Gasteiger partial charge in [0.15, 0.2) is 5.82 Å². The summed E-state index contributed by atoms with van der Waals surface area (Å²) >= 11 is 0. The van der Waals surface area contributed by atoms with E-state index in [1.54, 1.807) is 6.07 Å². The van der Waals surface area contributed by atoms with Crippen molar-refractivity contribution in [3.63, 3.8) is 0 Å². The van der Waals surface area contributed by atoms with Crippen molar-refractivity contribution in [2.24, 2.45) is 0 Å². The molecule has 2 aromatic rings. The standard InChI is InChI=1S/C14H18N4O3/c1-8(2)10-7-11(20-17-10)13(19)15-6-5-12-16-14(21-18-12)9-3-4-9/h7-9H,3-6H2,1-2H3,(H,15,19). The monoisotopic (exact) mass is 290 g/mol. The first-order valence-corrected chi connectivity index (χ1v) is 7.20. The molecule has 2 aromatic heterocycles. The van der Waals surface area contributed by atoms with Gasteiger partial charge in [-0.05, 0) is 18.8 Å². The maximum atomic E-state index is 11.9. The van der Waals surface area contributed by atoms with E-state index in [4.69, 9.17) is 9.05 Å². The van der Waals surface area contributed by atoms with Crippen LogP contribution >= 0.6 is 0 Å². The van der Waals surface area contributed by atoms with E-state index in [1.165, 1.54) is 0 Å². The van der Waals surface area contributed by atoms with Gasteiger partial charge in [-0.25, -0.2) is 0 Å². The molecule has 0 radical (unpaired) electrons. The Labute approximate surface area is 122 Å². The Balaban J connectivity index is 1.48. The van der Waals surface area contributed by atoms with Gasteiger partial charge in [-0.15, -0.1) is 0 Å². The molecule has 3 rings (SSSR count). The van der Waals surface area contributed by atoms with Gasteiger partial charge in [-0.1, -0.05) is 24.2 Å². The lowest BCUT2D eigenvalue weighted by Crippen LogP contribution is -2.25. The number of aromatic nitrogens is 3. The highest BCUT2D eigenvalue weighted by Crippen LogP contribution is 2.38. The Morgan fingerprint density at radius 2 is 2.19 bits per heavy atom. The largest absolute Gasteiger partial charge is 0.351 e. The number of nitrogens with zero attached hydrogens (tertiary/aromatic N) is 3. The zero-order valence-corrected chi connectivity index (χ0v) is 12.1. The Morgan fingerprint density at radius 1 is 1.38 bits per heavy atom. The molecule has 0 spiro atoms. The van der Waals surface area contributed by atoms with Gasteiger partial charge in [0.2, 0.25) is 11.7 Å². The van der Waals surface area contributed by atoms with Gasteiger partial charge in [0.25, 0.3) is 5.91 Å². The lowest BCUT2D eigenvalue weighted by molar-refractivity contribution is 0.0917. The molecule has 0 atom stereocenters. The van der Waals surface area contributed by atoms with Crippen molar-refractivity contribution in [2.45, 2.75) is 44.9 Å². The van der Waals surface area contributed by atoms with Crippen molar-refractivity contribution in [3.05, 3.63) is 29.2 Å². The molecule has 1 fully saturated rings. The van der Waals surface area contributed by atoms with Crippen molar-refractivity contribution in [1.82, 2.24) is 20.6 Å². The number of nitrogens with one attached hydrogen (secondary N) is 1. The second kappa shape index (κ2) is 5.67. The summed E-state index contributed by atoms with van der Waals surface area (Å²) in [5.74, 6) is 1.97. The molecule has 0 bridgehead atoms. The van der Waals surface area contributed by atoms with E-state index in [1.807, 2.05) is 13.8 Å². The highest BCUT2D eigenvalue weighted by atomic mass is 16.5. The number of amides is 1. The third-order valence-corrected chi connectivity index (χ3v) is 3.39. The summed E-state index contributed by atoms with van der Waals surface area (Å²) in [5.41, 5.74) is 0.771. The van der Waals surface area contributed by atoms with Crippen LogP contribution < -0.4 is 5.32 Å². The van der Waals surface area contributed by atoms with E-state index in [2.05, 4.69) is 20.6 Å². The van der Waals surface area contributed by atoms with Gasteiger partial charge in [0, 0.05) is 24.9 Å². The van der Waals surface area contributed by atoms with Crippen LogP contribution in [0, 0.1) is 0 Å². The molecule has 7 heteroatoms. The molecule has 1 N–H and O–H groups in total. The lowest BCUT2D eigenvalue weighted by atomic mass is 10.1. The van der Waals surface area contributed by atoms with Crippen molar-refractivity contribution in [3.8, 4) is 0 Å². The van der Waals surface area contributed by atoms with E-state index in [0.717, 1.165) is 18.5 Å². The molecule has 0 saturated heterocycles. The first-order valence-electron chi connectivity index (χ1n) is 7.20. The topological polar surface area (TPSA) is 94.1 Å². The molecule has 21 heavy (non-hydrogen) atoms. The van der Waals surface area contributed by atoms with E-state index in [0.29, 0.717) is 30.6 Å². The van der Waals surface area contributed by atoms with Crippen LogP contribution in [0.15, 0.2) is 15.1 Å². The summed E-state index contributed by atoms with van der Waals surface area (Å²) in [6.45, 7) is 4.42. The first-order chi connectivity index (χ1) is 10.1. The third kappa shape index (κ3) is 3.29. The van der Waals surface area contributed by atoms with E-state index >= 15 is 0 Å². The minimum Gasteiger partial charge on any atom is -0.351 e.